The molecule has 1 fully saturated rings. The average molecular weight is 452 g/mol. The molecule has 3 rings (SSSR count). The lowest BCUT2D eigenvalue weighted by molar-refractivity contribution is -0.274. The lowest BCUT2D eigenvalue weighted by atomic mass is 9.86. The van der Waals surface area contributed by atoms with Gasteiger partial charge in [-0.2, -0.15) is 0 Å². The van der Waals surface area contributed by atoms with Crippen molar-refractivity contribution < 1.29 is 32.5 Å². The van der Waals surface area contributed by atoms with E-state index in [2.05, 4.69) is 15.4 Å². The third-order valence-corrected chi connectivity index (χ3v) is 5.67. The Morgan fingerprint density at radius 3 is 2.31 bits per heavy atom. The highest BCUT2D eigenvalue weighted by Crippen LogP contribution is 2.30. The molecule has 9 heteroatoms. The van der Waals surface area contributed by atoms with Gasteiger partial charge < -0.3 is 25.2 Å². The molecule has 0 heterocycles. The van der Waals surface area contributed by atoms with Crippen LogP contribution in [0.3, 0.4) is 0 Å². The fourth-order valence-electron chi connectivity index (χ4n) is 4.00. The summed E-state index contributed by atoms with van der Waals surface area (Å²) >= 11 is 0. The molecule has 0 radical (unpaired) electrons. The van der Waals surface area contributed by atoms with E-state index < -0.39 is 12.5 Å². The van der Waals surface area contributed by atoms with Crippen molar-refractivity contribution in [3.63, 3.8) is 0 Å². The Kier molecular flexibility index (Phi) is 7.84. The Hall–Kier alpha value is -2.94. The van der Waals surface area contributed by atoms with Crippen LogP contribution in [0, 0.1) is 5.92 Å². The molecule has 0 aromatic heterocycles. The molecular formula is C23H27F3N2O4. The first-order valence-electron chi connectivity index (χ1n) is 10.5. The number of amides is 1. The fraction of sp³-hybridized carbons (Fsp3) is 0.435. The Bertz CT molecular complexity index is 895. The minimum absolute atomic E-state index is 0.259. The van der Waals surface area contributed by atoms with Gasteiger partial charge in [0.2, 0.25) is 0 Å². The second kappa shape index (κ2) is 10.6. The van der Waals surface area contributed by atoms with Gasteiger partial charge in [0, 0.05) is 24.7 Å². The summed E-state index contributed by atoms with van der Waals surface area (Å²) in [6.45, 7) is 1.08. The van der Waals surface area contributed by atoms with Crippen LogP contribution in [0.15, 0.2) is 42.5 Å². The number of hydrogen-bond donors (Lipinski definition) is 3. The van der Waals surface area contributed by atoms with Crippen molar-refractivity contribution in [3.8, 4) is 22.6 Å². The van der Waals surface area contributed by atoms with Gasteiger partial charge in [0.15, 0.2) is 0 Å². The lowest BCUT2D eigenvalue weighted by Gasteiger charge is -2.29. The lowest BCUT2D eigenvalue weighted by Crippen LogP contribution is -2.36. The summed E-state index contributed by atoms with van der Waals surface area (Å²) < 4.78 is 46.5. The highest BCUT2D eigenvalue weighted by atomic mass is 19.4. The summed E-state index contributed by atoms with van der Waals surface area (Å²) in [4.78, 5) is 10.6. The molecule has 174 valence electrons. The van der Waals surface area contributed by atoms with E-state index in [9.17, 15) is 18.0 Å². The van der Waals surface area contributed by atoms with E-state index in [1.807, 2.05) is 18.2 Å². The topological polar surface area (TPSA) is 79.8 Å². The average Bonchev–Trinajstić information content (AvgIpc) is 2.76. The van der Waals surface area contributed by atoms with E-state index in [1.165, 1.54) is 12.1 Å². The maximum Gasteiger partial charge on any atom is 0.573 e. The fourth-order valence-corrected chi connectivity index (χ4v) is 4.00. The molecule has 1 aliphatic rings. The molecule has 2 aromatic rings. The molecule has 0 bridgehead atoms. The summed E-state index contributed by atoms with van der Waals surface area (Å²) in [6, 6.07) is 11.8. The van der Waals surface area contributed by atoms with Gasteiger partial charge in [0.05, 0.1) is 7.11 Å². The molecule has 1 saturated carbocycles. The number of benzene rings is 2. The van der Waals surface area contributed by atoms with E-state index >= 15 is 0 Å². The second-order valence-electron chi connectivity index (χ2n) is 7.88. The summed E-state index contributed by atoms with van der Waals surface area (Å²) in [5.74, 6) is 0.842. The van der Waals surface area contributed by atoms with Crippen molar-refractivity contribution in [3.05, 3.63) is 48.0 Å². The van der Waals surface area contributed by atoms with E-state index in [0.29, 0.717) is 25.0 Å². The standard InChI is InChI=1S/C23H27F3N2O4/c1-31-21-11-6-17(16-4-9-20(10-5-16)32-23(24,25)26)12-18(21)14-27-19-7-2-15(3-8-19)13-28-22(29)30/h4-6,9-12,15,19,27-28H,2-3,7-8,13-14H2,1H3,(H,29,30). The van der Waals surface area contributed by atoms with Crippen molar-refractivity contribution in [1.82, 2.24) is 10.6 Å². The molecule has 3 N–H and O–H groups in total. The Morgan fingerprint density at radius 1 is 1.06 bits per heavy atom. The number of carboxylic acid groups (broad SMARTS) is 1. The van der Waals surface area contributed by atoms with E-state index in [-0.39, 0.29) is 5.75 Å². The van der Waals surface area contributed by atoms with Crippen molar-refractivity contribution in [1.29, 1.82) is 0 Å². The van der Waals surface area contributed by atoms with E-state index in [4.69, 9.17) is 9.84 Å². The van der Waals surface area contributed by atoms with Gasteiger partial charge in [-0.05, 0) is 67.0 Å². The minimum atomic E-state index is -4.72. The van der Waals surface area contributed by atoms with Crippen LogP contribution in [0.25, 0.3) is 11.1 Å². The Labute approximate surface area is 184 Å². The van der Waals surface area contributed by atoms with Gasteiger partial charge >= 0.3 is 12.5 Å². The van der Waals surface area contributed by atoms with Crippen molar-refractivity contribution in [2.24, 2.45) is 5.92 Å². The van der Waals surface area contributed by atoms with Gasteiger partial charge in [0.1, 0.15) is 11.5 Å². The first-order valence-corrected chi connectivity index (χ1v) is 10.5. The van der Waals surface area contributed by atoms with Gasteiger partial charge in [-0.1, -0.05) is 18.2 Å². The smallest absolute Gasteiger partial charge is 0.496 e. The molecule has 32 heavy (non-hydrogen) atoms. The Balaban J connectivity index is 1.60. The number of methoxy groups -OCH3 is 1. The van der Waals surface area contributed by atoms with E-state index in [0.717, 1.165) is 48.1 Å². The molecule has 6 nitrogen and oxygen atoms in total. The first-order chi connectivity index (χ1) is 15.2. The van der Waals surface area contributed by atoms with Crippen LogP contribution in [0.5, 0.6) is 11.5 Å². The number of hydrogen-bond acceptors (Lipinski definition) is 4. The summed E-state index contributed by atoms with van der Waals surface area (Å²) in [5.41, 5.74) is 2.59. The maximum absolute atomic E-state index is 12.4. The third-order valence-electron chi connectivity index (χ3n) is 5.67. The van der Waals surface area contributed by atoms with Crippen LogP contribution in [0.4, 0.5) is 18.0 Å². The maximum atomic E-state index is 12.4. The highest BCUT2D eigenvalue weighted by Gasteiger charge is 2.31. The molecule has 0 atom stereocenters. The van der Waals surface area contributed by atoms with Crippen molar-refractivity contribution in [2.45, 2.75) is 44.6 Å². The number of alkyl halides is 3. The van der Waals surface area contributed by atoms with Crippen LogP contribution in [-0.2, 0) is 6.54 Å². The molecular weight excluding hydrogens is 425 g/mol. The number of ether oxygens (including phenoxy) is 2. The van der Waals surface area contributed by atoms with Gasteiger partial charge in [-0.3, -0.25) is 0 Å². The van der Waals surface area contributed by atoms with Crippen LogP contribution in [-0.4, -0.2) is 37.3 Å². The molecule has 1 aliphatic carbocycles. The van der Waals surface area contributed by atoms with E-state index in [1.54, 1.807) is 19.2 Å². The predicted octanol–water partition coefficient (Wildman–Crippen LogP) is 5.18. The molecule has 2 aromatic carbocycles. The molecule has 1 amide bonds. The zero-order valence-electron chi connectivity index (χ0n) is 17.7. The Morgan fingerprint density at radius 2 is 1.72 bits per heavy atom. The third kappa shape index (κ3) is 7.05. The van der Waals surface area contributed by atoms with Crippen LogP contribution < -0.4 is 20.1 Å². The zero-order chi connectivity index (χ0) is 23.1. The SMILES string of the molecule is COc1ccc(-c2ccc(OC(F)(F)F)cc2)cc1CNC1CCC(CNC(=O)O)CC1. The monoisotopic (exact) mass is 452 g/mol. The van der Waals surface area contributed by atoms with Crippen LogP contribution in [0.1, 0.15) is 31.2 Å². The predicted molar refractivity (Wildman–Crippen MR) is 114 cm³/mol. The minimum Gasteiger partial charge on any atom is -0.496 e. The quantitative estimate of drug-likeness (QED) is 0.515. The molecule has 0 aliphatic heterocycles. The molecule has 0 unspecified atom stereocenters. The largest absolute Gasteiger partial charge is 0.573 e. The number of nitrogens with one attached hydrogen (secondary N) is 2. The normalized spacial score (nSPS) is 18.8. The number of halogens is 3. The summed E-state index contributed by atoms with van der Waals surface area (Å²) in [7, 11) is 1.60. The molecule has 0 saturated heterocycles. The van der Waals surface area contributed by atoms with Crippen molar-refractivity contribution >= 4 is 6.09 Å². The van der Waals surface area contributed by atoms with Gasteiger partial charge in [0.25, 0.3) is 0 Å². The summed E-state index contributed by atoms with van der Waals surface area (Å²) in [5, 5.41) is 14.7. The number of carbonyl (C=O) groups is 1. The zero-order valence-corrected chi connectivity index (χ0v) is 17.7. The molecule has 0 spiro atoms. The van der Waals surface area contributed by atoms with Crippen LogP contribution in [0.2, 0.25) is 0 Å². The van der Waals surface area contributed by atoms with Gasteiger partial charge in [-0.25, -0.2) is 4.79 Å². The first kappa shape index (κ1) is 23.7. The second-order valence-corrected chi connectivity index (χ2v) is 7.88. The number of rotatable bonds is 8. The van der Waals surface area contributed by atoms with Crippen molar-refractivity contribution in [2.75, 3.05) is 13.7 Å². The highest BCUT2D eigenvalue weighted by molar-refractivity contribution is 5.66. The summed E-state index contributed by atoms with van der Waals surface area (Å²) in [6.07, 6.45) is -1.85. The van der Waals surface area contributed by atoms with Crippen LogP contribution >= 0.6 is 0 Å². The van der Waals surface area contributed by atoms with Gasteiger partial charge in [-0.15, -0.1) is 13.2 Å².